The Morgan fingerprint density at radius 1 is 1.15 bits per heavy atom. The number of rotatable bonds is 8. The zero-order valence-corrected chi connectivity index (χ0v) is 14.1. The lowest BCUT2D eigenvalue weighted by Gasteiger charge is -2.08. The minimum absolute atomic E-state index is 0.212. The van der Waals surface area contributed by atoms with Crippen LogP contribution >= 0.6 is 15.9 Å². The minimum Gasteiger partial charge on any atom is -0.211 e. The normalized spacial score (nSPS) is 13.2. The third kappa shape index (κ3) is 3.97. The first-order valence-corrected chi connectivity index (χ1v) is 9.75. The lowest BCUT2D eigenvalue weighted by molar-refractivity contribution is 0.574. The summed E-state index contributed by atoms with van der Waals surface area (Å²) in [4.78, 5) is 0.212. The maximum absolute atomic E-state index is 12.3. The first kappa shape index (κ1) is 15.8. The van der Waals surface area contributed by atoms with E-state index in [0.717, 1.165) is 42.4 Å². The molecule has 5 nitrogen and oxygen atoms in total. The van der Waals surface area contributed by atoms with E-state index in [1.54, 1.807) is 18.2 Å². The molecule has 0 spiro atoms. The summed E-state index contributed by atoms with van der Waals surface area (Å²) in [5.74, 6) is 0. The number of fused-ring (bicyclic) bond motifs is 1. The van der Waals surface area contributed by atoms with Gasteiger partial charge in [-0.25, -0.2) is 13.1 Å². The summed E-state index contributed by atoms with van der Waals surface area (Å²) in [6.45, 7) is 0.457. The number of hydrogen-bond donors (Lipinski definition) is 1. The molecule has 0 bridgehead atoms. The SMILES string of the molecule is O=S(=O)(NCCCCCCBr)c1cccc2c1N=S=N2. The number of alkyl halides is 1. The van der Waals surface area contributed by atoms with Gasteiger partial charge in [0, 0.05) is 11.9 Å². The largest absolute Gasteiger partial charge is 0.242 e. The van der Waals surface area contributed by atoms with Crippen LogP contribution in [0.1, 0.15) is 25.7 Å². The second-order valence-corrected chi connectivity index (χ2v) is 7.45. The van der Waals surface area contributed by atoms with Gasteiger partial charge in [-0.05, 0) is 25.0 Å². The number of benzene rings is 1. The van der Waals surface area contributed by atoms with Crippen molar-refractivity contribution < 1.29 is 8.42 Å². The third-order valence-corrected chi connectivity index (χ3v) is 5.49. The van der Waals surface area contributed by atoms with Crippen LogP contribution in [0.15, 0.2) is 31.8 Å². The second kappa shape index (κ2) is 7.44. The molecule has 1 N–H and O–H groups in total. The number of nitrogens with zero attached hydrogens (tertiary/aromatic N) is 2. The van der Waals surface area contributed by atoms with E-state index >= 15 is 0 Å². The summed E-state index contributed by atoms with van der Waals surface area (Å²) in [6, 6.07) is 5.02. The van der Waals surface area contributed by atoms with Gasteiger partial charge in [-0.3, -0.25) is 0 Å². The van der Waals surface area contributed by atoms with Crippen molar-refractivity contribution in [3.05, 3.63) is 18.2 Å². The molecule has 1 aromatic carbocycles. The average Bonchev–Trinajstić information content (AvgIpc) is 2.90. The summed E-state index contributed by atoms with van der Waals surface area (Å²) >= 11 is 4.40. The molecule has 0 radical (unpaired) electrons. The maximum atomic E-state index is 12.3. The summed E-state index contributed by atoms with van der Waals surface area (Å²) in [5.41, 5.74) is 1.07. The molecule has 0 aromatic heterocycles. The lowest BCUT2D eigenvalue weighted by Crippen LogP contribution is -2.24. The smallest absolute Gasteiger partial charge is 0.211 e. The topological polar surface area (TPSA) is 70.9 Å². The van der Waals surface area contributed by atoms with Crippen LogP contribution in [0, 0.1) is 0 Å². The zero-order valence-electron chi connectivity index (χ0n) is 10.9. The molecule has 0 aliphatic carbocycles. The van der Waals surface area contributed by atoms with Crippen LogP contribution in [0.5, 0.6) is 0 Å². The zero-order chi connectivity index (χ0) is 14.4. The Kier molecular flexibility index (Phi) is 5.88. The fourth-order valence-corrected chi connectivity index (χ4v) is 4.09. The Labute approximate surface area is 131 Å². The van der Waals surface area contributed by atoms with Crippen LogP contribution in [-0.2, 0) is 21.4 Å². The number of unbranched alkanes of at least 4 members (excludes halogenated alkanes) is 3. The second-order valence-electron chi connectivity index (χ2n) is 4.39. The van der Waals surface area contributed by atoms with Crippen molar-refractivity contribution in [2.24, 2.45) is 8.73 Å². The summed E-state index contributed by atoms with van der Waals surface area (Å²) in [5, 5.41) is 0.998. The van der Waals surface area contributed by atoms with E-state index in [9.17, 15) is 8.42 Å². The highest BCUT2D eigenvalue weighted by Gasteiger charge is 2.21. The van der Waals surface area contributed by atoms with Crippen LogP contribution in [0.2, 0.25) is 0 Å². The monoisotopic (exact) mass is 377 g/mol. The molecule has 1 heterocycles. The Morgan fingerprint density at radius 2 is 1.95 bits per heavy atom. The van der Waals surface area contributed by atoms with Crippen LogP contribution in [0.25, 0.3) is 0 Å². The molecule has 20 heavy (non-hydrogen) atoms. The predicted octanol–water partition coefficient (Wildman–Crippen LogP) is 3.65. The molecule has 0 saturated carbocycles. The van der Waals surface area contributed by atoms with Crippen molar-refractivity contribution in [3.63, 3.8) is 0 Å². The van der Waals surface area contributed by atoms with Gasteiger partial charge in [0.05, 0.1) is 11.4 Å². The minimum atomic E-state index is -3.50. The van der Waals surface area contributed by atoms with E-state index in [4.69, 9.17) is 0 Å². The van der Waals surface area contributed by atoms with Crippen LogP contribution in [-0.4, -0.2) is 20.3 Å². The predicted molar refractivity (Wildman–Crippen MR) is 85.4 cm³/mol. The fourth-order valence-electron chi connectivity index (χ4n) is 1.86. The third-order valence-electron chi connectivity index (χ3n) is 2.89. The molecule has 2 rings (SSSR count). The average molecular weight is 378 g/mol. The molecule has 1 aliphatic heterocycles. The highest BCUT2D eigenvalue weighted by Crippen LogP contribution is 2.37. The number of nitrogens with one attached hydrogen (secondary N) is 1. The summed E-state index contributed by atoms with van der Waals surface area (Å²) in [6.07, 6.45) is 4.10. The molecule has 0 saturated heterocycles. The van der Waals surface area contributed by atoms with Gasteiger partial charge in [0.2, 0.25) is 10.0 Å². The van der Waals surface area contributed by atoms with Gasteiger partial charge in [0.15, 0.2) is 0 Å². The highest BCUT2D eigenvalue weighted by molar-refractivity contribution is 9.09. The van der Waals surface area contributed by atoms with Gasteiger partial charge >= 0.3 is 0 Å². The maximum Gasteiger partial charge on any atom is 0.242 e. The molecule has 0 fully saturated rings. The van der Waals surface area contributed by atoms with Crippen molar-refractivity contribution >= 4 is 48.7 Å². The van der Waals surface area contributed by atoms with Crippen LogP contribution < -0.4 is 4.72 Å². The number of sulfonamides is 1. The van der Waals surface area contributed by atoms with Gasteiger partial charge in [0.25, 0.3) is 0 Å². The Morgan fingerprint density at radius 3 is 2.75 bits per heavy atom. The van der Waals surface area contributed by atoms with Gasteiger partial charge in [-0.2, -0.15) is 8.73 Å². The standard InChI is InChI=1S/C12H16BrN3O2S2/c13-8-3-1-2-4-9-14-20(17,18)11-7-5-6-10-12(11)16-19-15-10/h5-7,14H,1-4,8-9H2. The quantitative estimate of drug-likeness (QED) is 0.563. The van der Waals surface area contributed by atoms with Crippen LogP contribution in [0.3, 0.4) is 0 Å². The van der Waals surface area contributed by atoms with E-state index in [-0.39, 0.29) is 4.90 Å². The molecule has 110 valence electrons. The molecular formula is C12H16BrN3O2S2. The molecule has 1 aromatic rings. The van der Waals surface area contributed by atoms with E-state index in [1.807, 2.05) is 0 Å². The molecule has 0 atom stereocenters. The van der Waals surface area contributed by atoms with E-state index in [1.165, 1.54) is 0 Å². The first-order chi connectivity index (χ1) is 9.65. The first-order valence-electron chi connectivity index (χ1n) is 6.42. The van der Waals surface area contributed by atoms with E-state index in [2.05, 4.69) is 29.4 Å². The van der Waals surface area contributed by atoms with Crippen LogP contribution in [0.4, 0.5) is 11.4 Å². The van der Waals surface area contributed by atoms with Gasteiger partial charge in [-0.1, -0.05) is 34.8 Å². The van der Waals surface area contributed by atoms with Gasteiger partial charge in [0.1, 0.15) is 16.3 Å². The number of halogens is 1. The Balaban J connectivity index is 1.95. The van der Waals surface area contributed by atoms with Crippen molar-refractivity contribution in [2.45, 2.75) is 30.6 Å². The van der Waals surface area contributed by atoms with Crippen molar-refractivity contribution in [2.75, 3.05) is 11.9 Å². The van der Waals surface area contributed by atoms with E-state index in [0.29, 0.717) is 17.9 Å². The molecular weight excluding hydrogens is 362 g/mol. The number of hydrogen-bond acceptors (Lipinski definition) is 4. The molecule has 1 aliphatic rings. The van der Waals surface area contributed by atoms with Crippen molar-refractivity contribution in [1.82, 2.24) is 4.72 Å². The summed E-state index contributed by atoms with van der Waals surface area (Å²) < 4.78 is 35.3. The Bertz CT molecular complexity index is 640. The summed E-state index contributed by atoms with van der Waals surface area (Å²) in [7, 11) is -3.50. The Hall–Kier alpha value is -0.570. The van der Waals surface area contributed by atoms with Gasteiger partial charge in [-0.15, -0.1) is 0 Å². The lowest BCUT2D eigenvalue weighted by atomic mass is 10.2. The molecule has 0 unspecified atom stereocenters. The molecule has 0 amide bonds. The van der Waals surface area contributed by atoms with Crippen molar-refractivity contribution in [3.8, 4) is 0 Å². The molecule has 8 heteroatoms. The fraction of sp³-hybridized carbons (Fsp3) is 0.500. The highest BCUT2D eigenvalue weighted by atomic mass is 79.9. The van der Waals surface area contributed by atoms with Gasteiger partial charge < -0.3 is 0 Å². The van der Waals surface area contributed by atoms with E-state index < -0.39 is 10.0 Å². The van der Waals surface area contributed by atoms with Crippen molar-refractivity contribution in [1.29, 1.82) is 0 Å².